The van der Waals surface area contributed by atoms with E-state index in [4.69, 9.17) is 11.6 Å². The van der Waals surface area contributed by atoms with Gasteiger partial charge >= 0.3 is 0 Å². The summed E-state index contributed by atoms with van der Waals surface area (Å²) < 4.78 is 28.3. The van der Waals surface area contributed by atoms with Crippen molar-refractivity contribution in [1.82, 2.24) is 5.32 Å². The van der Waals surface area contributed by atoms with Gasteiger partial charge in [0.2, 0.25) is 5.91 Å². The Bertz CT molecular complexity index is 1270. The van der Waals surface area contributed by atoms with E-state index in [-0.39, 0.29) is 17.5 Å². The molecule has 7 heteroatoms. The Morgan fingerprint density at radius 1 is 0.909 bits per heavy atom. The average Bonchev–Trinajstić information content (AvgIpc) is 2.72. The number of nitrogens with zero attached hydrogens (tertiary/aromatic N) is 1. The van der Waals surface area contributed by atoms with Crippen molar-refractivity contribution in [2.75, 3.05) is 10.8 Å². The van der Waals surface area contributed by atoms with E-state index in [0.29, 0.717) is 16.3 Å². The molecule has 3 aromatic carbocycles. The minimum Gasteiger partial charge on any atom is -0.348 e. The largest absolute Gasteiger partial charge is 0.348 e. The SMILES string of the molecule is Cc1ccc(S(=O)(=O)N(CC(=O)N[C@H](C)c2ccc(C)cc2C)c2ccc(Cl)cc2C)cc1. The number of halogens is 1. The number of amides is 1. The van der Waals surface area contributed by atoms with Gasteiger partial charge in [-0.15, -0.1) is 0 Å². The first-order valence-corrected chi connectivity index (χ1v) is 12.5. The maximum absolute atomic E-state index is 13.6. The first-order valence-electron chi connectivity index (χ1n) is 10.7. The number of aryl methyl sites for hydroxylation is 4. The van der Waals surface area contributed by atoms with E-state index in [2.05, 4.69) is 11.4 Å². The molecule has 1 atom stereocenters. The molecule has 174 valence electrons. The van der Waals surface area contributed by atoms with Crippen molar-refractivity contribution in [2.45, 2.75) is 45.6 Å². The van der Waals surface area contributed by atoms with E-state index >= 15 is 0 Å². The van der Waals surface area contributed by atoms with Crippen molar-refractivity contribution in [2.24, 2.45) is 0 Å². The van der Waals surface area contributed by atoms with E-state index in [1.165, 1.54) is 0 Å². The van der Waals surface area contributed by atoms with Crippen molar-refractivity contribution < 1.29 is 13.2 Å². The van der Waals surface area contributed by atoms with Gasteiger partial charge in [0, 0.05) is 5.02 Å². The molecule has 0 aliphatic carbocycles. The van der Waals surface area contributed by atoms with Crippen LogP contribution in [0, 0.1) is 27.7 Å². The van der Waals surface area contributed by atoms with Gasteiger partial charge in [0.15, 0.2) is 0 Å². The monoisotopic (exact) mass is 484 g/mol. The van der Waals surface area contributed by atoms with Crippen LogP contribution < -0.4 is 9.62 Å². The fraction of sp³-hybridized carbons (Fsp3) is 0.269. The Balaban J connectivity index is 1.94. The van der Waals surface area contributed by atoms with Crippen molar-refractivity contribution in [3.05, 3.63) is 93.5 Å². The number of benzene rings is 3. The summed E-state index contributed by atoms with van der Waals surface area (Å²) in [5.74, 6) is -0.396. The quantitative estimate of drug-likeness (QED) is 0.471. The van der Waals surface area contributed by atoms with Crippen molar-refractivity contribution >= 4 is 33.2 Å². The molecule has 0 aliphatic rings. The average molecular weight is 485 g/mol. The molecule has 1 amide bonds. The molecule has 3 aromatic rings. The molecule has 0 saturated heterocycles. The van der Waals surface area contributed by atoms with Crippen LogP contribution in [0.15, 0.2) is 65.6 Å². The second-order valence-corrected chi connectivity index (χ2v) is 10.7. The summed E-state index contributed by atoms with van der Waals surface area (Å²) in [7, 11) is -3.99. The number of carbonyl (C=O) groups excluding carboxylic acids is 1. The van der Waals surface area contributed by atoms with Crippen molar-refractivity contribution in [3.63, 3.8) is 0 Å². The van der Waals surface area contributed by atoms with E-state index in [9.17, 15) is 13.2 Å². The molecule has 0 unspecified atom stereocenters. The highest BCUT2D eigenvalue weighted by Crippen LogP contribution is 2.29. The summed E-state index contributed by atoms with van der Waals surface area (Å²) in [6.07, 6.45) is 0. The van der Waals surface area contributed by atoms with E-state index < -0.39 is 15.9 Å². The lowest BCUT2D eigenvalue weighted by atomic mass is 10.0. The van der Waals surface area contributed by atoms with Crippen LogP contribution in [0.4, 0.5) is 5.69 Å². The number of anilines is 1. The van der Waals surface area contributed by atoms with Gasteiger partial charge in [-0.3, -0.25) is 9.10 Å². The fourth-order valence-electron chi connectivity index (χ4n) is 3.84. The second-order valence-electron chi connectivity index (χ2n) is 8.40. The molecule has 0 bridgehead atoms. The zero-order chi connectivity index (χ0) is 24.3. The molecule has 33 heavy (non-hydrogen) atoms. The minimum atomic E-state index is -3.99. The summed E-state index contributed by atoms with van der Waals surface area (Å²) in [4.78, 5) is 13.2. The maximum atomic E-state index is 13.6. The molecule has 0 aliphatic heterocycles. The fourth-order valence-corrected chi connectivity index (χ4v) is 5.55. The third-order valence-electron chi connectivity index (χ3n) is 5.59. The van der Waals surface area contributed by atoms with Gasteiger partial charge in [-0.2, -0.15) is 0 Å². The van der Waals surface area contributed by atoms with Crippen molar-refractivity contribution in [1.29, 1.82) is 0 Å². The zero-order valence-electron chi connectivity index (χ0n) is 19.5. The number of carbonyl (C=O) groups is 1. The Hall–Kier alpha value is -2.83. The topological polar surface area (TPSA) is 66.5 Å². The Morgan fingerprint density at radius 3 is 2.15 bits per heavy atom. The zero-order valence-corrected chi connectivity index (χ0v) is 21.1. The molecule has 0 saturated carbocycles. The lowest BCUT2D eigenvalue weighted by Crippen LogP contribution is -2.42. The molecule has 0 aromatic heterocycles. The minimum absolute atomic E-state index is 0.123. The summed E-state index contributed by atoms with van der Waals surface area (Å²) in [6.45, 7) is 9.21. The van der Waals surface area contributed by atoms with Crippen LogP contribution in [0.25, 0.3) is 0 Å². The predicted molar refractivity (Wildman–Crippen MR) is 134 cm³/mol. The van der Waals surface area contributed by atoms with Crippen LogP contribution in [0.5, 0.6) is 0 Å². The first kappa shape index (κ1) is 24.8. The molecule has 1 N–H and O–H groups in total. The highest BCUT2D eigenvalue weighted by atomic mass is 35.5. The van der Waals surface area contributed by atoms with E-state index in [0.717, 1.165) is 26.6 Å². The Labute approximate surface area is 201 Å². The standard InChI is InChI=1S/C26H29ClN2O3S/c1-17-6-10-23(11-7-17)33(31,32)29(25-13-9-22(27)15-20(25)4)16-26(30)28-21(5)24-12-8-18(2)14-19(24)3/h6-15,21H,16H2,1-5H3,(H,28,30)/t21-/m1/s1. The molecule has 0 heterocycles. The van der Waals surface area contributed by atoms with Gasteiger partial charge < -0.3 is 5.32 Å². The molecule has 0 spiro atoms. The van der Waals surface area contributed by atoms with Crippen molar-refractivity contribution in [3.8, 4) is 0 Å². The lowest BCUT2D eigenvalue weighted by molar-refractivity contribution is -0.120. The normalized spacial score (nSPS) is 12.3. The second kappa shape index (κ2) is 9.98. The molecular formula is C26H29ClN2O3S. The molecule has 3 rings (SSSR count). The molecule has 0 radical (unpaired) electrons. The third kappa shape index (κ3) is 5.75. The predicted octanol–water partition coefficient (Wildman–Crippen LogP) is 5.65. The number of hydrogen-bond acceptors (Lipinski definition) is 3. The summed E-state index contributed by atoms with van der Waals surface area (Å²) in [6, 6.07) is 17.3. The van der Waals surface area contributed by atoms with Gasteiger partial charge in [-0.1, -0.05) is 53.1 Å². The smallest absolute Gasteiger partial charge is 0.264 e. The third-order valence-corrected chi connectivity index (χ3v) is 7.60. The Kier molecular flexibility index (Phi) is 7.50. The number of sulfonamides is 1. The molecular weight excluding hydrogens is 456 g/mol. The van der Waals surface area contributed by atoms with Gasteiger partial charge in [0.1, 0.15) is 6.54 Å². The van der Waals surface area contributed by atoms with Gasteiger partial charge in [0.05, 0.1) is 16.6 Å². The molecule has 5 nitrogen and oxygen atoms in total. The number of hydrogen-bond donors (Lipinski definition) is 1. The lowest BCUT2D eigenvalue weighted by Gasteiger charge is -2.27. The van der Waals surface area contributed by atoms with Crippen LogP contribution in [0.3, 0.4) is 0 Å². The molecule has 0 fully saturated rings. The van der Waals surface area contributed by atoms with Crippen LogP contribution >= 0.6 is 11.6 Å². The first-order chi connectivity index (χ1) is 15.5. The van der Waals surface area contributed by atoms with Crippen LogP contribution in [0.1, 0.15) is 40.8 Å². The van der Waals surface area contributed by atoms with Crippen LogP contribution in [0.2, 0.25) is 5.02 Å². The Morgan fingerprint density at radius 2 is 1.55 bits per heavy atom. The summed E-state index contributed by atoms with van der Waals surface area (Å²) in [5, 5.41) is 3.45. The number of rotatable bonds is 7. The van der Waals surface area contributed by atoms with Crippen LogP contribution in [-0.4, -0.2) is 20.9 Å². The van der Waals surface area contributed by atoms with E-state index in [1.807, 2.05) is 39.8 Å². The van der Waals surface area contributed by atoms with Gasteiger partial charge in [-0.05, 0) is 81.6 Å². The highest BCUT2D eigenvalue weighted by molar-refractivity contribution is 7.92. The maximum Gasteiger partial charge on any atom is 0.264 e. The van der Waals surface area contributed by atoms with E-state index in [1.54, 1.807) is 49.4 Å². The number of nitrogens with one attached hydrogen (secondary N) is 1. The summed E-state index contributed by atoms with van der Waals surface area (Å²) >= 11 is 6.09. The highest BCUT2D eigenvalue weighted by Gasteiger charge is 2.29. The van der Waals surface area contributed by atoms with Gasteiger partial charge in [0.25, 0.3) is 10.0 Å². The summed E-state index contributed by atoms with van der Waals surface area (Å²) in [5.41, 5.74) is 5.22. The van der Waals surface area contributed by atoms with Crippen LogP contribution in [-0.2, 0) is 14.8 Å². The van der Waals surface area contributed by atoms with Gasteiger partial charge in [-0.25, -0.2) is 8.42 Å².